The highest BCUT2D eigenvalue weighted by molar-refractivity contribution is 6.00. The van der Waals surface area contributed by atoms with E-state index in [0.717, 1.165) is 50.5 Å². The Balaban J connectivity index is 0.00000121. The number of fused-ring (bicyclic) bond motifs is 1. The molecule has 1 atom stereocenters. The first-order chi connectivity index (χ1) is 9.66. The van der Waals surface area contributed by atoms with Crippen LogP contribution < -0.4 is 10.1 Å². The second-order valence-corrected chi connectivity index (χ2v) is 5.99. The van der Waals surface area contributed by atoms with Gasteiger partial charge < -0.3 is 15.0 Å². The summed E-state index contributed by atoms with van der Waals surface area (Å²) < 4.78 is 6.12. The number of carbonyl (C=O) groups excluding carboxylic acids is 1. The van der Waals surface area contributed by atoms with Gasteiger partial charge in [0.2, 0.25) is 0 Å². The summed E-state index contributed by atoms with van der Waals surface area (Å²) in [7, 11) is 0. The molecule has 1 aromatic carbocycles. The molecule has 0 radical (unpaired) electrons. The molecule has 1 unspecified atom stereocenters. The summed E-state index contributed by atoms with van der Waals surface area (Å²) >= 11 is 0. The Morgan fingerprint density at radius 1 is 1.23 bits per heavy atom. The number of Topliss-reactive ketones (excluding diaryl/α,β-unsaturated/α-hetero) is 1. The first-order valence-electron chi connectivity index (χ1n) is 7.41. The highest BCUT2D eigenvalue weighted by Gasteiger charge is 2.36. The minimum Gasteiger partial charge on any atom is -0.486 e. The van der Waals surface area contributed by atoms with Crippen LogP contribution in [0.25, 0.3) is 0 Å². The standard InChI is InChI=1S/C16H22N2O2.2ClH/c1-16(6-9-18-10-7-17-8-11-18)12-14(19)13-4-2-3-5-15(13)20-16;;/h2-5,17H,6-12H2,1H3;2*1H. The van der Waals surface area contributed by atoms with Crippen LogP contribution in [-0.4, -0.2) is 49.0 Å². The van der Waals surface area contributed by atoms with Crippen LogP contribution in [0, 0.1) is 0 Å². The van der Waals surface area contributed by atoms with Crippen molar-refractivity contribution < 1.29 is 9.53 Å². The molecule has 3 rings (SSSR count). The van der Waals surface area contributed by atoms with Crippen LogP contribution in [0.1, 0.15) is 30.1 Å². The van der Waals surface area contributed by atoms with Gasteiger partial charge >= 0.3 is 0 Å². The van der Waals surface area contributed by atoms with E-state index in [-0.39, 0.29) is 36.2 Å². The van der Waals surface area contributed by atoms with E-state index >= 15 is 0 Å². The summed E-state index contributed by atoms with van der Waals surface area (Å²) in [5.74, 6) is 0.946. The predicted octanol–water partition coefficient (Wildman–Crippen LogP) is 2.55. The average molecular weight is 347 g/mol. The van der Waals surface area contributed by atoms with Crippen molar-refractivity contribution in [3.8, 4) is 5.75 Å². The number of piperazine rings is 1. The Morgan fingerprint density at radius 3 is 2.64 bits per heavy atom. The number of ether oxygens (including phenoxy) is 1. The van der Waals surface area contributed by atoms with Gasteiger partial charge in [-0.15, -0.1) is 24.8 Å². The van der Waals surface area contributed by atoms with Crippen LogP contribution in [0.3, 0.4) is 0 Å². The summed E-state index contributed by atoms with van der Waals surface area (Å²) in [5, 5.41) is 3.36. The normalized spacial score (nSPS) is 24.5. The second-order valence-electron chi connectivity index (χ2n) is 5.99. The average Bonchev–Trinajstić information content (AvgIpc) is 2.46. The zero-order valence-electron chi connectivity index (χ0n) is 12.8. The number of nitrogens with one attached hydrogen (secondary N) is 1. The lowest BCUT2D eigenvalue weighted by molar-refractivity contribution is 0.0387. The van der Waals surface area contributed by atoms with Crippen molar-refractivity contribution in [2.45, 2.75) is 25.4 Å². The zero-order chi connectivity index (χ0) is 14.0. The van der Waals surface area contributed by atoms with Crippen LogP contribution in [0.2, 0.25) is 0 Å². The summed E-state index contributed by atoms with van der Waals surface area (Å²) in [6.07, 6.45) is 1.38. The number of hydrogen-bond acceptors (Lipinski definition) is 4. The quantitative estimate of drug-likeness (QED) is 0.913. The number of benzene rings is 1. The summed E-state index contributed by atoms with van der Waals surface area (Å²) in [6, 6.07) is 7.57. The van der Waals surface area contributed by atoms with E-state index < -0.39 is 0 Å². The molecule has 6 heteroatoms. The molecule has 0 aliphatic carbocycles. The van der Waals surface area contributed by atoms with Crippen molar-refractivity contribution in [3.05, 3.63) is 29.8 Å². The van der Waals surface area contributed by atoms with Gasteiger partial charge in [-0.3, -0.25) is 4.79 Å². The third kappa shape index (κ3) is 4.35. The van der Waals surface area contributed by atoms with Gasteiger partial charge in [0.15, 0.2) is 5.78 Å². The lowest BCUT2D eigenvalue weighted by Gasteiger charge is -2.37. The zero-order valence-corrected chi connectivity index (χ0v) is 14.5. The molecule has 0 spiro atoms. The monoisotopic (exact) mass is 346 g/mol. The van der Waals surface area contributed by atoms with E-state index in [9.17, 15) is 4.79 Å². The van der Waals surface area contributed by atoms with Crippen LogP contribution in [0.15, 0.2) is 24.3 Å². The molecule has 2 heterocycles. The Hall–Kier alpha value is -0.810. The van der Waals surface area contributed by atoms with Crippen LogP contribution in [0.5, 0.6) is 5.75 Å². The van der Waals surface area contributed by atoms with Gasteiger partial charge in [0.05, 0.1) is 12.0 Å². The Kier molecular flexibility index (Phi) is 7.13. The molecule has 1 N–H and O–H groups in total. The highest BCUT2D eigenvalue weighted by atomic mass is 35.5. The van der Waals surface area contributed by atoms with Gasteiger partial charge in [-0.25, -0.2) is 0 Å². The smallest absolute Gasteiger partial charge is 0.170 e. The molecule has 0 bridgehead atoms. The van der Waals surface area contributed by atoms with Crippen molar-refractivity contribution in [2.75, 3.05) is 32.7 Å². The largest absolute Gasteiger partial charge is 0.486 e. The maximum Gasteiger partial charge on any atom is 0.170 e. The van der Waals surface area contributed by atoms with Gasteiger partial charge in [-0.2, -0.15) is 0 Å². The molecule has 1 fully saturated rings. The molecule has 1 aromatic rings. The number of ketones is 1. The number of para-hydroxylation sites is 1. The van der Waals surface area contributed by atoms with Crippen molar-refractivity contribution in [1.82, 2.24) is 10.2 Å². The fourth-order valence-corrected chi connectivity index (χ4v) is 2.99. The predicted molar refractivity (Wildman–Crippen MR) is 92.8 cm³/mol. The van der Waals surface area contributed by atoms with E-state index in [1.807, 2.05) is 24.3 Å². The van der Waals surface area contributed by atoms with E-state index in [4.69, 9.17) is 4.74 Å². The van der Waals surface area contributed by atoms with Crippen LogP contribution >= 0.6 is 24.8 Å². The SMILES string of the molecule is CC1(CCN2CCNCC2)CC(=O)c2ccccc2O1.Cl.Cl. The summed E-state index contributed by atoms with van der Waals surface area (Å²) in [6.45, 7) is 7.33. The maximum atomic E-state index is 12.2. The van der Waals surface area contributed by atoms with Gasteiger partial charge in [0.25, 0.3) is 0 Å². The fraction of sp³-hybridized carbons (Fsp3) is 0.562. The van der Waals surface area contributed by atoms with E-state index in [1.165, 1.54) is 0 Å². The molecule has 0 amide bonds. The Morgan fingerprint density at radius 2 is 1.91 bits per heavy atom. The third-order valence-corrected chi connectivity index (χ3v) is 4.24. The molecule has 0 aromatic heterocycles. The Labute approximate surface area is 144 Å². The number of nitrogens with zero attached hydrogens (tertiary/aromatic N) is 1. The third-order valence-electron chi connectivity index (χ3n) is 4.24. The molecule has 2 aliphatic rings. The molecule has 4 nitrogen and oxygen atoms in total. The lowest BCUT2D eigenvalue weighted by atomic mass is 9.89. The number of rotatable bonds is 3. The molecule has 1 saturated heterocycles. The van der Waals surface area contributed by atoms with Crippen molar-refractivity contribution in [2.24, 2.45) is 0 Å². The topological polar surface area (TPSA) is 41.6 Å². The van der Waals surface area contributed by atoms with Gasteiger partial charge in [-0.05, 0) is 25.5 Å². The molecule has 124 valence electrons. The van der Waals surface area contributed by atoms with Gasteiger partial charge in [-0.1, -0.05) is 12.1 Å². The fourth-order valence-electron chi connectivity index (χ4n) is 2.99. The van der Waals surface area contributed by atoms with E-state index in [1.54, 1.807) is 0 Å². The van der Waals surface area contributed by atoms with Gasteiger partial charge in [0.1, 0.15) is 11.4 Å². The molecule has 0 saturated carbocycles. The number of hydrogen-bond donors (Lipinski definition) is 1. The minimum atomic E-state index is -0.365. The lowest BCUT2D eigenvalue weighted by Crippen LogP contribution is -2.47. The van der Waals surface area contributed by atoms with E-state index in [0.29, 0.717) is 6.42 Å². The highest BCUT2D eigenvalue weighted by Crippen LogP contribution is 2.34. The minimum absolute atomic E-state index is 0. The van der Waals surface area contributed by atoms with Crippen molar-refractivity contribution >= 4 is 30.6 Å². The molecule has 2 aliphatic heterocycles. The maximum absolute atomic E-state index is 12.2. The van der Waals surface area contributed by atoms with Crippen molar-refractivity contribution in [1.29, 1.82) is 0 Å². The second kappa shape index (κ2) is 8.16. The first-order valence-corrected chi connectivity index (χ1v) is 7.41. The van der Waals surface area contributed by atoms with Crippen LogP contribution in [0.4, 0.5) is 0 Å². The van der Waals surface area contributed by atoms with Crippen molar-refractivity contribution in [3.63, 3.8) is 0 Å². The Bertz CT molecular complexity index is 507. The molecule has 22 heavy (non-hydrogen) atoms. The van der Waals surface area contributed by atoms with Gasteiger partial charge in [0, 0.05) is 32.7 Å². The van der Waals surface area contributed by atoms with Crippen LogP contribution in [-0.2, 0) is 0 Å². The molecular weight excluding hydrogens is 323 g/mol. The summed E-state index contributed by atoms with van der Waals surface area (Å²) in [4.78, 5) is 14.7. The summed E-state index contributed by atoms with van der Waals surface area (Å²) in [5.41, 5.74) is 0.364. The number of carbonyl (C=O) groups is 1. The first kappa shape index (κ1) is 19.2. The number of halogens is 2. The molecular formula is C16H24Cl2N2O2. The van der Waals surface area contributed by atoms with E-state index in [2.05, 4.69) is 17.1 Å².